The molecule has 0 bridgehead atoms. The number of piperazine rings is 1. The largest absolute Gasteiger partial charge is 0.573 e. The van der Waals surface area contributed by atoms with E-state index in [-0.39, 0.29) is 32.8 Å². The third-order valence-electron chi connectivity index (χ3n) is 7.58. The van der Waals surface area contributed by atoms with Crippen LogP contribution >= 0.6 is 23.2 Å². The summed E-state index contributed by atoms with van der Waals surface area (Å²) in [6, 6.07) is 5.35. The van der Waals surface area contributed by atoms with Crippen LogP contribution < -0.4 is 15.4 Å². The number of nitrogens with zero attached hydrogens (tertiary/aromatic N) is 2. The number of halogens is 5. The predicted octanol–water partition coefficient (Wildman–Crippen LogP) is 5.66. The first kappa shape index (κ1) is 33.6. The van der Waals surface area contributed by atoms with Crippen LogP contribution in [-0.2, 0) is 4.79 Å². The van der Waals surface area contributed by atoms with Gasteiger partial charge in [-0.2, -0.15) is 0 Å². The molecule has 2 saturated heterocycles. The quantitative estimate of drug-likeness (QED) is 0.325. The third kappa shape index (κ3) is 8.03. The van der Waals surface area contributed by atoms with Crippen molar-refractivity contribution in [1.29, 1.82) is 0 Å². The zero-order valence-electron chi connectivity index (χ0n) is 24.2. The van der Waals surface area contributed by atoms with Gasteiger partial charge in [-0.05, 0) is 81.1 Å². The first-order chi connectivity index (χ1) is 20.8. The maximum atomic E-state index is 13.6. The maximum absolute atomic E-state index is 13.6. The van der Waals surface area contributed by atoms with Crippen molar-refractivity contribution in [2.45, 2.75) is 39.5 Å². The summed E-state index contributed by atoms with van der Waals surface area (Å²) in [6.07, 6.45) is -0.958. The Balaban J connectivity index is 0.000000375. The molecule has 2 fully saturated rings. The highest BCUT2D eigenvalue weighted by molar-refractivity contribution is 6.41. The minimum Gasteiger partial charge on any atom is -0.481 e. The van der Waals surface area contributed by atoms with E-state index in [1.165, 1.54) is 35.0 Å². The third-order valence-corrected chi connectivity index (χ3v) is 8.28. The van der Waals surface area contributed by atoms with Gasteiger partial charge in [0.05, 0.1) is 26.7 Å². The Kier molecular flexibility index (Phi) is 10.8. The lowest BCUT2D eigenvalue weighted by molar-refractivity contribution is -0.274. The lowest BCUT2D eigenvalue weighted by Gasteiger charge is -2.28. The second-order valence-electron chi connectivity index (χ2n) is 10.8. The highest BCUT2D eigenvalue weighted by Crippen LogP contribution is 2.35. The number of aromatic nitrogens is 1. The zero-order chi connectivity index (χ0) is 32.2. The number of rotatable bonds is 5. The van der Waals surface area contributed by atoms with Gasteiger partial charge in [-0.3, -0.25) is 19.0 Å². The minimum atomic E-state index is -4.84. The van der Waals surface area contributed by atoms with Crippen molar-refractivity contribution in [1.82, 2.24) is 20.1 Å². The summed E-state index contributed by atoms with van der Waals surface area (Å²) >= 11 is 12.9. The molecule has 2 aliphatic rings. The summed E-state index contributed by atoms with van der Waals surface area (Å²) in [5.74, 6) is -1.54. The smallest absolute Gasteiger partial charge is 0.481 e. The zero-order valence-corrected chi connectivity index (χ0v) is 25.7. The van der Waals surface area contributed by atoms with E-state index in [0.717, 1.165) is 25.9 Å². The average Bonchev–Trinajstić information content (AvgIpc) is 3.29. The second-order valence-corrected chi connectivity index (χ2v) is 11.6. The molecular formula is C30H33Cl2F3N4O5. The molecule has 2 aliphatic heterocycles. The van der Waals surface area contributed by atoms with Gasteiger partial charge in [0.25, 0.3) is 11.8 Å². The number of amides is 1. The summed E-state index contributed by atoms with van der Waals surface area (Å²) < 4.78 is 43.5. The van der Waals surface area contributed by atoms with Gasteiger partial charge in [0.1, 0.15) is 5.75 Å². The van der Waals surface area contributed by atoms with Gasteiger partial charge in [-0.1, -0.05) is 23.2 Å². The fraction of sp³-hybridized carbons (Fsp3) is 0.433. The van der Waals surface area contributed by atoms with Crippen molar-refractivity contribution < 1.29 is 37.4 Å². The number of carboxylic acids is 1. The van der Waals surface area contributed by atoms with Crippen LogP contribution in [0.1, 0.15) is 51.1 Å². The van der Waals surface area contributed by atoms with E-state index in [4.69, 9.17) is 28.3 Å². The molecule has 0 radical (unpaired) electrons. The van der Waals surface area contributed by atoms with Crippen molar-refractivity contribution in [3.8, 4) is 5.75 Å². The normalized spacial score (nSPS) is 15.9. The number of carboxylic acid groups (broad SMARTS) is 1. The molecule has 3 N–H and O–H groups in total. The van der Waals surface area contributed by atoms with Crippen LogP contribution in [0, 0.1) is 19.8 Å². The van der Waals surface area contributed by atoms with Crippen molar-refractivity contribution in [2.75, 3.05) is 39.3 Å². The number of benzene rings is 2. The van der Waals surface area contributed by atoms with Gasteiger partial charge in [0.15, 0.2) is 0 Å². The lowest BCUT2D eigenvalue weighted by atomic mass is 9.95. The number of ether oxygens (including phenoxy) is 1. The van der Waals surface area contributed by atoms with Crippen molar-refractivity contribution in [3.63, 3.8) is 0 Å². The predicted molar refractivity (Wildman–Crippen MR) is 161 cm³/mol. The first-order valence-electron chi connectivity index (χ1n) is 14.1. The summed E-state index contributed by atoms with van der Waals surface area (Å²) in [6.45, 7) is 7.51. The highest BCUT2D eigenvalue weighted by atomic mass is 35.5. The monoisotopic (exact) mass is 656 g/mol. The van der Waals surface area contributed by atoms with Gasteiger partial charge >= 0.3 is 12.3 Å². The van der Waals surface area contributed by atoms with E-state index in [0.29, 0.717) is 60.5 Å². The topological polar surface area (TPSA) is 113 Å². The van der Waals surface area contributed by atoms with Crippen LogP contribution in [0.4, 0.5) is 13.2 Å². The van der Waals surface area contributed by atoms with Gasteiger partial charge in [0, 0.05) is 44.2 Å². The first-order valence-corrected chi connectivity index (χ1v) is 14.9. The van der Waals surface area contributed by atoms with Gasteiger partial charge in [-0.15, -0.1) is 13.2 Å². The number of carbonyl (C=O) groups excluding carboxylic acids is 2. The Morgan fingerprint density at radius 2 is 1.61 bits per heavy atom. The van der Waals surface area contributed by atoms with Crippen molar-refractivity contribution in [3.05, 3.63) is 62.8 Å². The number of fused-ring (bicyclic) bond motifs is 1. The average molecular weight is 658 g/mol. The lowest BCUT2D eigenvalue weighted by Crippen LogP contribution is -2.46. The number of piperidine rings is 1. The number of aryl methyl sites for hydroxylation is 2. The second kappa shape index (κ2) is 14.2. The number of hydrogen-bond donors (Lipinski definition) is 3. The summed E-state index contributed by atoms with van der Waals surface area (Å²) in [5.41, 5.74) is 1.43. The summed E-state index contributed by atoms with van der Waals surface area (Å²) in [5, 5.41) is 15.2. The molecule has 5 rings (SSSR count). The molecular weight excluding hydrogens is 624 g/mol. The number of hydrogen-bond acceptors (Lipinski definition) is 6. The Labute approximate surface area is 262 Å². The number of nitrogens with one attached hydrogen (secondary N) is 2. The molecule has 0 unspecified atom stereocenters. The van der Waals surface area contributed by atoms with Gasteiger partial charge < -0.3 is 25.4 Å². The minimum absolute atomic E-state index is 0.0565. The fourth-order valence-corrected chi connectivity index (χ4v) is 6.07. The number of alkyl halides is 3. The van der Waals surface area contributed by atoms with Gasteiger partial charge in [-0.25, -0.2) is 0 Å². The molecule has 0 atom stereocenters. The molecule has 238 valence electrons. The van der Waals surface area contributed by atoms with Crippen LogP contribution in [0.15, 0.2) is 30.5 Å². The summed E-state index contributed by atoms with van der Waals surface area (Å²) in [7, 11) is 0. The molecule has 44 heavy (non-hydrogen) atoms. The van der Waals surface area contributed by atoms with Crippen molar-refractivity contribution in [2.24, 2.45) is 5.92 Å². The van der Waals surface area contributed by atoms with Crippen LogP contribution in [0.2, 0.25) is 10.0 Å². The fourth-order valence-electron chi connectivity index (χ4n) is 5.45. The molecule has 0 aliphatic carbocycles. The molecule has 1 aromatic heterocycles. The molecule has 3 aromatic rings. The van der Waals surface area contributed by atoms with E-state index in [1.54, 1.807) is 18.7 Å². The SMILES string of the molecule is Cc1cn(C(=O)c2c(Cl)ccc(C(=O)N3CCNCC3)c2Cl)c2c(C)cc(OC(F)(F)F)cc12.O=C(O)CC1CCNCC1. The van der Waals surface area contributed by atoms with Crippen LogP contribution in [0.5, 0.6) is 5.75 Å². The Bertz CT molecular complexity index is 1550. The van der Waals surface area contributed by atoms with Crippen molar-refractivity contribution >= 4 is 51.9 Å². The number of carbonyl (C=O) groups is 3. The van der Waals surface area contributed by atoms with Crippen LogP contribution in [-0.4, -0.2) is 78.0 Å². The van der Waals surface area contributed by atoms with Crippen LogP contribution in [0.3, 0.4) is 0 Å². The Hall–Kier alpha value is -3.32. The van der Waals surface area contributed by atoms with E-state index in [1.807, 2.05) is 0 Å². The van der Waals surface area contributed by atoms with E-state index >= 15 is 0 Å². The highest BCUT2D eigenvalue weighted by Gasteiger charge is 2.32. The molecule has 0 spiro atoms. The van der Waals surface area contributed by atoms with E-state index in [9.17, 15) is 27.6 Å². The molecule has 9 nitrogen and oxygen atoms in total. The summed E-state index contributed by atoms with van der Waals surface area (Å²) in [4.78, 5) is 38.5. The standard InChI is InChI=1S/C23H20Cl2F3N3O3.C7H13NO2/c1-12-9-14(34-23(26,27)28)10-16-13(2)11-31(20(12)16)22(33)18-17(24)4-3-15(19(18)25)21(32)30-7-5-29-6-8-30;9-7(10)5-6-1-3-8-4-2-6/h3-4,9-11,29H,5-8H2,1-2H3;6,8H,1-5H2,(H,9,10). The Morgan fingerprint density at radius 3 is 2.23 bits per heavy atom. The molecule has 3 heterocycles. The van der Waals surface area contributed by atoms with E-state index in [2.05, 4.69) is 15.4 Å². The molecule has 14 heteroatoms. The maximum Gasteiger partial charge on any atom is 0.573 e. The van der Waals surface area contributed by atoms with E-state index < -0.39 is 18.2 Å². The molecule has 1 amide bonds. The van der Waals surface area contributed by atoms with Crippen LogP contribution in [0.25, 0.3) is 10.9 Å². The van der Waals surface area contributed by atoms with Gasteiger partial charge in [0.2, 0.25) is 0 Å². The molecule has 0 saturated carbocycles. The number of aliphatic carboxylic acids is 1. The molecule has 2 aromatic carbocycles. The Morgan fingerprint density at radius 1 is 0.977 bits per heavy atom.